The summed E-state index contributed by atoms with van der Waals surface area (Å²) in [4.78, 5) is 11.5. The Labute approximate surface area is 187 Å². The number of rotatable bonds is 16. The van der Waals surface area contributed by atoms with Crippen LogP contribution < -0.4 is 0 Å². The van der Waals surface area contributed by atoms with E-state index in [-0.39, 0.29) is 11.3 Å². The molecule has 0 aliphatic rings. The minimum Gasteiger partial charge on any atom is -0.504 e. The molecule has 0 saturated carbocycles. The quantitative estimate of drug-likeness (QED) is 0.187. The van der Waals surface area contributed by atoms with E-state index in [0.717, 1.165) is 12.8 Å². The second-order valence-corrected chi connectivity index (χ2v) is 8.75. The van der Waals surface area contributed by atoms with Gasteiger partial charge in [-0.15, -0.1) is 0 Å². The van der Waals surface area contributed by atoms with Crippen LogP contribution in [-0.2, 0) is 6.42 Å². The number of hydrogen-bond acceptors (Lipinski definition) is 3. The first-order chi connectivity index (χ1) is 15.1. The summed E-state index contributed by atoms with van der Waals surface area (Å²) in [5.41, 5.74) is 0.426. The first kappa shape index (κ1) is 25.0. The number of aryl methyl sites for hydroxylation is 1. The molecule has 0 atom stereocenters. The molecule has 0 fully saturated rings. The van der Waals surface area contributed by atoms with E-state index < -0.39 is 11.7 Å². The van der Waals surface area contributed by atoms with E-state index in [1.807, 2.05) is 12.1 Å². The molecular formula is C27H40O4. The average molecular weight is 429 g/mol. The number of carbonyl (C=O) groups is 1. The number of aromatic carboxylic acids is 1. The SMILES string of the molecule is CCCCCCCCCCCCCCCCc1c(O)c(O)c(C(=O)O)c2ccccc12. The lowest BCUT2D eigenvalue weighted by molar-refractivity contribution is 0.0695. The maximum absolute atomic E-state index is 11.5. The van der Waals surface area contributed by atoms with Crippen LogP contribution in [-0.4, -0.2) is 21.3 Å². The highest BCUT2D eigenvalue weighted by Gasteiger charge is 2.22. The highest BCUT2D eigenvalue weighted by atomic mass is 16.4. The largest absolute Gasteiger partial charge is 0.504 e. The minimum atomic E-state index is -1.23. The number of fused-ring (bicyclic) bond motifs is 1. The first-order valence-corrected chi connectivity index (χ1v) is 12.3. The lowest BCUT2D eigenvalue weighted by Crippen LogP contribution is -2.01. The van der Waals surface area contributed by atoms with Crippen molar-refractivity contribution >= 4 is 16.7 Å². The second kappa shape index (κ2) is 14.0. The van der Waals surface area contributed by atoms with Crippen molar-refractivity contribution in [3.8, 4) is 11.5 Å². The van der Waals surface area contributed by atoms with E-state index in [2.05, 4.69) is 6.92 Å². The molecule has 0 amide bonds. The Hall–Kier alpha value is -2.23. The van der Waals surface area contributed by atoms with Gasteiger partial charge in [0.15, 0.2) is 11.5 Å². The summed E-state index contributed by atoms with van der Waals surface area (Å²) in [7, 11) is 0. The highest BCUT2D eigenvalue weighted by Crippen LogP contribution is 2.41. The molecule has 2 rings (SSSR count). The van der Waals surface area contributed by atoms with Crippen LogP contribution >= 0.6 is 0 Å². The Morgan fingerprint density at radius 3 is 1.61 bits per heavy atom. The Kier molecular flexibility index (Phi) is 11.3. The highest BCUT2D eigenvalue weighted by molar-refractivity contribution is 6.08. The van der Waals surface area contributed by atoms with Gasteiger partial charge in [0.1, 0.15) is 5.56 Å². The fourth-order valence-electron chi connectivity index (χ4n) is 4.45. The summed E-state index contributed by atoms with van der Waals surface area (Å²) < 4.78 is 0. The van der Waals surface area contributed by atoms with Gasteiger partial charge in [-0.1, -0.05) is 115 Å². The van der Waals surface area contributed by atoms with Crippen molar-refractivity contribution in [2.75, 3.05) is 0 Å². The predicted molar refractivity (Wildman–Crippen MR) is 128 cm³/mol. The molecule has 0 aliphatic heterocycles. The normalized spacial score (nSPS) is 11.3. The zero-order valence-electron chi connectivity index (χ0n) is 19.2. The van der Waals surface area contributed by atoms with Crippen molar-refractivity contribution in [1.29, 1.82) is 0 Å². The minimum absolute atomic E-state index is 0.224. The topological polar surface area (TPSA) is 77.8 Å². The second-order valence-electron chi connectivity index (χ2n) is 8.75. The molecule has 2 aromatic rings. The van der Waals surface area contributed by atoms with Gasteiger partial charge < -0.3 is 15.3 Å². The van der Waals surface area contributed by atoms with Gasteiger partial charge in [0.2, 0.25) is 0 Å². The van der Waals surface area contributed by atoms with Gasteiger partial charge in [-0.25, -0.2) is 4.79 Å². The maximum Gasteiger partial charge on any atom is 0.340 e. The number of carboxylic acid groups (broad SMARTS) is 1. The van der Waals surface area contributed by atoms with E-state index in [1.165, 1.54) is 77.0 Å². The van der Waals surface area contributed by atoms with Gasteiger partial charge >= 0.3 is 5.97 Å². The summed E-state index contributed by atoms with van der Waals surface area (Å²) in [5, 5.41) is 31.3. The Morgan fingerprint density at radius 1 is 0.677 bits per heavy atom. The third-order valence-electron chi connectivity index (χ3n) is 6.26. The van der Waals surface area contributed by atoms with Gasteiger partial charge in [0.05, 0.1) is 0 Å². The van der Waals surface area contributed by atoms with Crippen molar-refractivity contribution in [2.45, 2.75) is 103 Å². The summed E-state index contributed by atoms with van der Waals surface area (Å²) >= 11 is 0. The lowest BCUT2D eigenvalue weighted by Gasteiger charge is -2.14. The molecule has 2 aromatic carbocycles. The van der Waals surface area contributed by atoms with Crippen molar-refractivity contribution in [1.82, 2.24) is 0 Å². The molecule has 172 valence electrons. The number of phenols is 2. The third-order valence-corrected chi connectivity index (χ3v) is 6.26. The Balaban J connectivity index is 1.68. The van der Waals surface area contributed by atoms with E-state index in [0.29, 0.717) is 22.8 Å². The summed E-state index contributed by atoms with van der Waals surface area (Å²) in [6.45, 7) is 2.26. The van der Waals surface area contributed by atoms with Crippen LogP contribution in [0, 0.1) is 0 Å². The summed E-state index contributed by atoms with van der Waals surface area (Å²) in [6.07, 6.45) is 18.6. The molecule has 0 aliphatic carbocycles. The monoisotopic (exact) mass is 428 g/mol. The van der Waals surface area contributed by atoms with Crippen LogP contribution in [0.25, 0.3) is 10.8 Å². The van der Waals surface area contributed by atoms with Crippen LogP contribution in [0.15, 0.2) is 24.3 Å². The molecule has 31 heavy (non-hydrogen) atoms. The fraction of sp³-hybridized carbons (Fsp3) is 0.593. The van der Waals surface area contributed by atoms with Gasteiger partial charge in [-0.2, -0.15) is 0 Å². The summed E-state index contributed by atoms with van der Waals surface area (Å²) in [6, 6.07) is 7.09. The van der Waals surface area contributed by atoms with Crippen molar-refractivity contribution < 1.29 is 20.1 Å². The molecule has 0 bridgehead atoms. The van der Waals surface area contributed by atoms with Crippen LogP contribution in [0.5, 0.6) is 11.5 Å². The third kappa shape index (κ3) is 7.75. The zero-order valence-corrected chi connectivity index (χ0v) is 19.2. The number of benzene rings is 2. The van der Waals surface area contributed by atoms with Crippen molar-refractivity contribution in [2.24, 2.45) is 0 Å². The van der Waals surface area contributed by atoms with Gasteiger partial charge in [-0.05, 0) is 18.2 Å². The van der Waals surface area contributed by atoms with Crippen LogP contribution in [0.2, 0.25) is 0 Å². The maximum atomic E-state index is 11.5. The molecule has 0 saturated heterocycles. The Bertz CT molecular complexity index is 812. The Morgan fingerprint density at radius 2 is 1.13 bits per heavy atom. The fourth-order valence-corrected chi connectivity index (χ4v) is 4.45. The number of unbranched alkanes of at least 4 members (excludes halogenated alkanes) is 13. The molecule has 0 heterocycles. The molecule has 4 heteroatoms. The number of hydrogen-bond donors (Lipinski definition) is 3. The number of carboxylic acids is 1. The van der Waals surface area contributed by atoms with Crippen molar-refractivity contribution in [3.05, 3.63) is 35.4 Å². The molecule has 3 N–H and O–H groups in total. The smallest absolute Gasteiger partial charge is 0.340 e. The number of phenolic OH excluding ortho intramolecular Hbond substituents is 1. The predicted octanol–water partition coefficient (Wildman–Crippen LogP) is 7.97. The van der Waals surface area contributed by atoms with E-state index in [1.54, 1.807) is 12.1 Å². The van der Waals surface area contributed by atoms with E-state index in [9.17, 15) is 20.1 Å². The van der Waals surface area contributed by atoms with E-state index in [4.69, 9.17) is 0 Å². The lowest BCUT2D eigenvalue weighted by atomic mass is 9.94. The van der Waals surface area contributed by atoms with Crippen LogP contribution in [0.3, 0.4) is 0 Å². The zero-order chi connectivity index (χ0) is 22.5. The molecule has 4 nitrogen and oxygen atoms in total. The van der Waals surface area contributed by atoms with Gasteiger partial charge in [-0.3, -0.25) is 0 Å². The summed E-state index contributed by atoms with van der Waals surface area (Å²) in [5.74, 6) is -2.04. The standard InChI is InChI=1S/C27H40O4/c1-2-3-4-5-6-7-8-9-10-11-12-13-14-15-20-23-21-18-16-17-19-22(21)24(27(30)31)26(29)25(23)28/h16-19,28-29H,2-15,20H2,1H3,(H,30,31). The van der Waals surface area contributed by atoms with E-state index >= 15 is 0 Å². The first-order valence-electron chi connectivity index (χ1n) is 12.3. The van der Waals surface area contributed by atoms with Gasteiger partial charge in [0, 0.05) is 10.9 Å². The van der Waals surface area contributed by atoms with Crippen LogP contribution in [0.1, 0.15) is 113 Å². The molecule has 0 radical (unpaired) electrons. The average Bonchev–Trinajstić information content (AvgIpc) is 2.76. The molecular weight excluding hydrogens is 388 g/mol. The molecule has 0 aromatic heterocycles. The van der Waals surface area contributed by atoms with Crippen LogP contribution in [0.4, 0.5) is 0 Å². The molecule has 0 spiro atoms. The number of aromatic hydroxyl groups is 2. The molecule has 0 unspecified atom stereocenters. The van der Waals surface area contributed by atoms with Crippen molar-refractivity contribution in [3.63, 3.8) is 0 Å². The van der Waals surface area contributed by atoms with Gasteiger partial charge in [0.25, 0.3) is 0 Å².